The average Bonchev–Trinajstić information content (AvgIpc) is 2.95. The molecule has 0 radical (unpaired) electrons. The first-order valence-corrected chi connectivity index (χ1v) is 4.76. The second kappa shape index (κ2) is 3.48. The van der Waals surface area contributed by atoms with E-state index in [9.17, 15) is 13.2 Å². The summed E-state index contributed by atoms with van der Waals surface area (Å²) in [5.74, 6) is 0.135. The summed E-state index contributed by atoms with van der Waals surface area (Å²) in [7, 11) is 0. The van der Waals surface area contributed by atoms with Gasteiger partial charge in [-0.25, -0.2) is 0 Å². The smallest absolute Gasteiger partial charge is 0.330 e. The molecule has 0 spiro atoms. The lowest BCUT2D eigenvalue weighted by Gasteiger charge is -2.10. The van der Waals surface area contributed by atoms with Crippen molar-refractivity contribution in [3.05, 3.63) is 29.6 Å². The van der Waals surface area contributed by atoms with Crippen molar-refractivity contribution in [2.45, 2.75) is 18.5 Å². The molecule has 0 bridgehead atoms. The van der Waals surface area contributed by atoms with E-state index in [1.807, 2.05) is 0 Å². The Bertz CT molecular complexity index is 362. The van der Waals surface area contributed by atoms with Crippen molar-refractivity contribution in [2.24, 2.45) is 11.7 Å². The Labute approximate surface area is 85.3 Å². The molecule has 1 aliphatic rings. The van der Waals surface area contributed by atoms with E-state index in [0.29, 0.717) is 12.1 Å². The van der Waals surface area contributed by atoms with Gasteiger partial charge < -0.3 is 5.73 Å². The van der Waals surface area contributed by atoms with Gasteiger partial charge in [-0.2, -0.15) is 13.2 Å². The molecule has 5 heteroatoms. The van der Waals surface area contributed by atoms with Gasteiger partial charge in [0.05, 0.1) is 0 Å². The van der Waals surface area contributed by atoms with Crippen molar-refractivity contribution in [1.82, 2.24) is 4.98 Å². The number of halogens is 3. The summed E-state index contributed by atoms with van der Waals surface area (Å²) in [6.07, 6.45) is -2.45. The number of nitrogens with zero attached hydrogens (tertiary/aromatic N) is 1. The zero-order valence-corrected chi connectivity index (χ0v) is 7.96. The van der Waals surface area contributed by atoms with Crippen LogP contribution in [0.2, 0.25) is 0 Å². The van der Waals surface area contributed by atoms with Crippen LogP contribution in [-0.4, -0.2) is 11.5 Å². The fourth-order valence-corrected chi connectivity index (χ4v) is 1.84. The topological polar surface area (TPSA) is 38.9 Å². The maximum Gasteiger partial charge on any atom is 0.433 e. The van der Waals surface area contributed by atoms with Gasteiger partial charge >= 0.3 is 6.18 Å². The lowest BCUT2D eigenvalue weighted by Crippen LogP contribution is -2.12. The summed E-state index contributed by atoms with van der Waals surface area (Å²) in [5.41, 5.74) is 4.95. The van der Waals surface area contributed by atoms with E-state index in [2.05, 4.69) is 4.98 Å². The van der Waals surface area contributed by atoms with Crippen molar-refractivity contribution in [2.75, 3.05) is 6.54 Å². The molecule has 0 aromatic carbocycles. The van der Waals surface area contributed by atoms with Crippen LogP contribution >= 0.6 is 0 Å². The van der Waals surface area contributed by atoms with Crippen LogP contribution in [0.25, 0.3) is 0 Å². The highest BCUT2D eigenvalue weighted by Crippen LogP contribution is 2.49. The fraction of sp³-hybridized carbons (Fsp3) is 0.500. The molecule has 1 heterocycles. The van der Waals surface area contributed by atoms with Gasteiger partial charge in [-0.1, -0.05) is 6.07 Å². The fourth-order valence-electron chi connectivity index (χ4n) is 1.84. The van der Waals surface area contributed by atoms with E-state index in [4.69, 9.17) is 5.73 Å². The number of aromatic nitrogens is 1. The van der Waals surface area contributed by atoms with Crippen LogP contribution in [0.1, 0.15) is 23.6 Å². The second-order valence-corrected chi connectivity index (χ2v) is 3.78. The molecule has 0 amide bonds. The molecule has 2 unspecified atom stereocenters. The molecule has 1 saturated carbocycles. The van der Waals surface area contributed by atoms with Gasteiger partial charge in [-0.05, 0) is 36.4 Å². The number of hydrogen-bond donors (Lipinski definition) is 1. The van der Waals surface area contributed by atoms with Gasteiger partial charge in [-0.3, -0.25) is 4.98 Å². The van der Waals surface area contributed by atoms with Crippen molar-refractivity contribution in [3.8, 4) is 0 Å². The highest BCUT2D eigenvalue weighted by Gasteiger charge is 2.44. The number of pyridine rings is 1. The lowest BCUT2D eigenvalue weighted by atomic mass is 10.1. The Hall–Kier alpha value is -1.10. The van der Waals surface area contributed by atoms with Gasteiger partial charge in [0.1, 0.15) is 5.69 Å². The van der Waals surface area contributed by atoms with Gasteiger partial charge in [-0.15, -0.1) is 0 Å². The molecule has 1 fully saturated rings. The molecule has 0 saturated heterocycles. The zero-order valence-electron chi connectivity index (χ0n) is 7.96. The third kappa shape index (κ3) is 1.97. The standard InChI is InChI=1S/C10H11F3N2/c11-10(12,13)9-7(2-1-3-15-9)8-4-6(8)5-14/h1-3,6,8H,4-5,14H2. The predicted octanol–water partition coefficient (Wildman–Crippen LogP) is 2.16. The molecule has 1 aromatic heterocycles. The van der Waals surface area contributed by atoms with Crippen LogP contribution in [0.3, 0.4) is 0 Å². The van der Waals surface area contributed by atoms with Crippen LogP contribution in [0, 0.1) is 5.92 Å². The Morgan fingerprint density at radius 2 is 2.20 bits per heavy atom. The Kier molecular flexibility index (Phi) is 2.42. The van der Waals surface area contributed by atoms with Crippen LogP contribution in [0.4, 0.5) is 13.2 Å². The number of nitrogens with two attached hydrogens (primary N) is 1. The maximum atomic E-state index is 12.6. The van der Waals surface area contributed by atoms with Gasteiger partial charge in [0.25, 0.3) is 0 Å². The van der Waals surface area contributed by atoms with Crippen molar-refractivity contribution < 1.29 is 13.2 Å². The first-order chi connectivity index (χ1) is 7.04. The van der Waals surface area contributed by atoms with Gasteiger partial charge in [0, 0.05) is 6.20 Å². The third-order valence-corrected chi connectivity index (χ3v) is 2.73. The van der Waals surface area contributed by atoms with Crippen LogP contribution in [-0.2, 0) is 6.18 Å². The van der Waals surface area contributed by atoms with E-state index in [0.717, 1.165) is 6.42 Å². The van der Waals surface area contributed by atoms with Crippen LogP contribution < -0.4 is 5.73 Å². The maximum absolute atomic E-state index is 12.6. The van der Waals surface area contributed by atoms with Gasteiger partial charge in [0.15, 0.2) is 0 Å². The molecule has 2 rings (SSSR count). The molecular formula is C10H11F3N2. The molecule has 2 atom stereocenters. The molecular weight excluding hydrogens is 205 g/mol. The number of rotatable bonds is 2. The van der Waals surface area contributed by atoms with Crippen molar-refractivity contribution >= 4 is 0 Å². The Morgan fingerprint density at radius 1 is 1.47 bits per heavy atom. The SMILES string of the molecule is NCC1CC1c1cccnc1C(F)(F)F. The van der Waals surface area contributed by atoms with E-state index < -0.39 is 11.9 Å². The minimum Gasteiger partial charge on any atom is -0.330 e. The van der Waals surface area contributed by atoms with E-state index in [-0.39, 0.29) is 11.8 Å². The molecule has 2 N–H and O–H groups in total. The summed E-state index contributed by atoms with van der Waals surface area (Å²) in [6.45, 7) is 0.441. The first kappa shape index (κ1) is 10.4. The van der Waals surface area contributed by atoms with E-state index in [1.54, 1.807) is 0 Å². The highest BCUT2D eigenvalue weighted by molar-refractivity contribution is 5.31. The summed E-state index contributed by atoms with van der Waals surface area (Å²) in [6, 6.07) is 3.03. The monoisotopic (exact) mass is 216 g/mol. The zero-order chi connectivity index (χ0) is 11.1. The quantitative estimate of drug-likeness (QED) is 0.822. The van der Waals surface area contributed by atoms with Gasteiger partial charge in [0.2, 0.25) is 0 Å². The van der Waals surface area contributed by atoms with Crippen LogP contribution in [0.5, 0.6) is 0 Å². The normalized spacial score (nSPS) is 25.3. The Morgan fingerprint density at radius 3 is 2.73 bits per heavy atom. The first-order valence-electron chi connectivity index (χ1n) is 4.76. The molecule has 1 aromatic rings. The number of alkyl halides is 3. The van der Waals surface area contributed by atoms with E-state index in [1.165, 1.54) is 18.3 Å². The van der Waals surface area contributed by atoms with Crippen molar-refractivity contribution in [1.29, 1.82) is 0 Å². The summed E-state index contributed by atoms with van der Waals surface area (Å²) >= 11 is 0. The van der Waals surface area contributed by atoms with Crippen LogP contribution in [0.15, 0.2) is 18.3 Å². The average molecular weight is 216 g/mol. The summed E-state index contributed by atoms with van der Waals surface area (Å²) in [5, 5.41) is 0. The largest absolute Gasteiger partial charge is 0.433 e. The minimum atomic E-state index is -4.36. The molecule has 1 aliphatic carbocycles. The van der Waals surface area contributed by atoms with Crippen molar-refractivity contribution in [3.63, 3.8) is 0 Å². The summed E-state index contributed by atoms with van der Waals surface area (Å²) in [4.78, 5) is 3.41. The Balaban J connectivity index is 2.32. The second-order valence-electron chi connectivity index (χ2n) is 3.78. The molecule has 82 valence electrons. The summed E-state index contributed by atoms with van der Waals surface area (Å²) < 4.78 is 37.7. The third-order valence-electron chi connectivity index (χ3n) is 2.73. The highest BCUT2D eigenvalue weighted by atomic mass is 19.4. The molecule has 0 aliphatic heterocycles. The van der Waals surface area contributed by atoms with E-state index >= 15 is 0 Å². The molecule has 15 heavy (non-hydrogen) atoms. The minimum absolute atomic E-state index is 0.0553. The molecule has 2 nitrogen and oxygen atoms in total. The predicted molar refractivity (Wildman–Crippen MR) is 49.1 cm³/mol. The lowest BCUT2D eigenvalue weighted by molar-refractivity contribution is -0.141. The number of hydrogen-bond acceptors (Lipinski definition) is 2.